The second-order valence-electron chi connectivity index (χ2n) is 3.29. The number of fused-ring (bicyclic) bond motifs is 1. The highest BCUT2D eigenvalue weighted by molar-refractivity contribution is 5.74. The zero-order chi connectivity index (χ0) is 10.3. The Morgan fingerprint density at radius 1 is 1.20 bits per heavy atom. The highest BCUT2D eigenvalue weighted by Crippen LogP contribution is 2.17. The topological polar surface area (TPSA) is 67.6 Å². The fourth-order valence-electron chi connectivity index (χ4n) is 1.44. The van der Waals surface area contributed by atoms with E-state index in [1.807, 2.05) is 19.1 Å². The predicted octanol–water partition coefficient (Wildman–Crippen LogP) is 1.92. The summed E-state index contributed by atoms with van der Waals surface area (Å²) >= 11 is 0. The summed E-state index contributed by atoms with van der Waals surface area (Å²) in [7, 11) is 0. The van der Waals surface area contributed by atoms with Crippen molar-refractivity contribution in [3.63, 3.8) is 0 Å². The Labute approximate surface area is 85.1 Å². The van der Waals surface area contributed by atoms with E-state index >= 15 is 0 Å². The minimum Gasteiger partial charge on any atom is -0.364 e. The van der Waals surface area contributed by atoms with E-state index in [1.165, 1.54) is 6.26 Å². The third-order valence-corrected chi connectivity index (χ3v) is 2.17. The van der Waals surface area contributed by atoms with Crippen LogP contribution < -0.4 is 0 Å². The highest BCUT2D eigenvalue weighted by Gasteiger charge is 2.08. The van der Waals surface area contributed by atoms with Crippen molar-refractivity contribution in [3.8, 4) is 11.5 Å². The fourth-order valence-corrected chi connectivity index (χ4v) is 1.44. The number of aryl methyl sites for hydroxylation is 1. The quantitative estimate of drug-likeness (QED) is 0.651. The number of pyridine rings is 1. The van der Waals surface area contributed by atoms with Crippen molar-refractivity contribution in [3.05, 3.63) is 30.2 Å². The minimum atomic E-state index is 0.678. The first-order valence-electron chi connectivity index (χ1n) is 4.57. The molecule has 0 radical (unpaired) electrons. The summed E-state index contributed by atoms with van der Waals surface area (Å²) in [6, 6.07) is 5.64. The lowest BCUT2D eigenvalue weighted by molar-refractivity contribution is 0.422. The molecule has 0 saturated carbocycles. The molecule has 0 amide bonds. The van der Waals surface area contributed by atoms with E-state index in [0.717, 1.165) is 11.2 Å². The third-order valence-electron chi connectivity index (χ3n) is 2.17. The van der Waals surface area contributed by atoms with Crippen LogP contribution in [0.2, 0.25) is 0 Å². The molecule has 0 spiro atoms. The van der Waals surface area contributed by atoms with Gasteiger partial charge in [-0.25, -0.2) is 9.97 Å². The first kappa shape index (κ1) is 8.16. The molecule has 0 aliphatic heterocycles. The minimum absolute atomic E-state index is 0.678. The monoisotopic (exact) mass is 200 g/mol. The summed E-state index contributed by atoms with van der Waals surface area (Å²) in [5, 5.41) is 3.81. The summed E-state index contributed by atoms with van der Waals surface area (Å²) in [6.07, 6.45) is 1.52. The van der Waals surface area contributed by atoms with Crippen LogP contribution in [0, 0.1) is 6.92 Å². The molecular formula is C10H8N4O. The van der Waals surface area contributed by atoms with E-state index < -0.39 is 0 Å². The molecule has 3 aromatic heterocycles. The van der Waals surface area contributed by atoms with Gasteiger partial charge in [-0.2, -0.15) is 0 Å². The number of nitrogens with zero attached hydrogens (tertiary/aromatic N) is 3. The summed E-state index contributed by atoms with van der Waals surface area (Å²) in [6.45, 7) is 1.93. The van der Waals surface area contributed by atoms with E-state index in [-0.39, 0.29) is 0 Å². The lowest BCUT2D eigenvalue weighted by atomic mass is 10.3. The van der Waals surface area contributed by atoms with Crippen LogP contribution in [0.15, 0.2) is 29.0 Å². The van der Waals surface area contributed by atoms with Crippen molar-refractivity contribution in [2.24, 2.45) is 0 Å². The van der Waals surface area contributed by atoms with Crippen LogP contribution in [0.3, 0.4) is 0 Å². The summed E-state index contributed by atoms with van der Waals surface area (Å²) in [4.78, 5) is 11.8. The molecule has 3 heterocycles. The lowest BCUT2D eigenvalue weighted by Gasteiger charge is -1.88. The number of aromatic nitrogens is 4. The average Bonchev–Trinajstić information content (AvgIpc) is 2.84. The van der Waals surface area contributed by atoms with Gasteiger partial charge >= 0.3 is 0 Å². The van der Waals surface area contributed by atoms with Crippen molar-refractivity contribution in [1.82, 2.24) is 20.1 Å². The van der Waals surface area contributed by atoms with Gasteiger partial charge in [0.05, 0.1) is 5.52 Å². The van der Waals surface area contributed by atoms with E-state index in [0.29, 0.717) is 17.2 Å². The van der Waals surface area contributed by atoms with Crippen LogP contribution in [0.25, 0.3) is 22.7 Å². The molecule has 0 bridgehead atoms. The van der Waals surface area contributed by atoms with E-state index in [2.05, 4.69) is 20.1 Å². The average molecular weight is 200 g/mol. The van der Waals surface area contributed by atoms with Gasteiger partial charge in [0.15, 0.2) is 11.5 Å². The Morgan fingerprint density at radius 2 is 2.13 bits per heavy atom. The molecule has 0 aromatic carbocycles. The number of aromatic amines is 1. The summed E-state index contributed by atoms with van der Waals surface area (Å²) in [5.74, 6) is 0.678. The second-order valence-corrected chi connectivity index (χ2v) is 3.29. The molecule has 0 unspecified atom stereocenters. The third kappa shape index (κ3) is 1.28. The first-order valence-corrected chi connectivity index (χ1v) is 4.57. The Morgan fingerprint density at radius 3 is 2.93 bits per heavy atom. The van der Waals surface area contributed by atoms with Crippen LogP contribution in [0.5, 0.6) is 0 Å². The van der Waals surface area contributed by atoms with Crippen molar-refractivity contribution in [2.75, 3.05) is 0 Å². The molecule has 0 saturated heterocycles. The normalized spacial score (nSPS) is 11.0. The van der Waals surface area contributed by atoms with Crippen LogP contribution >= 0.6 is 0 Å². The van der Waals surface area contributed by atoms with Crippen molar-refractivity contribution in [1.29, 1.82) is 0 Å². The summed E-state index contributed by atoms with van der Waals surface area (Å²) < 4.78 is 4.76. The van der Waals surface area contributed by atoms with Gasteiger partial charge in [0.1, 0.15) is 12.0 Å². The zero-order valence-electron chi connectivity index (χ0n) is 8.06. The molecule has 0 atom stereocenters. The molecular weight excluding hydrogens is 192 g/mol. The SMILES string of the molecule is Cc1ccc2[nH]c(-c3ccon3)nc2n1. The Bertz CT molecular complexity index is 597. The van der Waals surface area contributed by atoms with Gasteiger partial charge < -0.3 is 9.51 Å². The number of hydrogen-bond donors (Lipinski definition) is 1. The van der Waals surface area contributed by atoms with Crippen molar-refractivity contribution in [2.45, 2.75) is 6.92 Å². The predicted molar refractivity (Wildman–Crippen MR) is 54.1 cm³/mol. The van der Waals surface area contributed by atoms with E-state index in [4.69, 9.17) is 4.52 Å². The maximum atomic E-state index is 4.76. The fraction of sp³-hybridized carbons (Fsp3) is 0.100. The van der Waals surface area contributed by atoms with Gasteiger partial charge in [-0.3, -0.25) is 0 Å². The molecule has 1 N–H and O–H groups in total. The molecule has 15 heavy (non-hydrogen) atoms. The lowest BCUT2D eigenvalue weighted by Crippen LogP contribution is -1.80. The van der Waals surface area contributed by atoms with Gasteiger partial charge in [-0.1, -0.05) is 5.16 Å². The van der Waals surface area contributed by atoms with Gasteiger partial charge in [-0.15, -0.1) is 0 Å². The highest BCUT2D eigenvalue weighted by atomic mass is 16.5. The van der Waals surface area contributed by atoms with Gasteiger partial charge in [0, 0.05) is 11.8 Å². The van der Waals surface area contributed by atoms with Crippen LogP contribution in [0.4, 0.5) is 0 Å². The number of hydrogen-bond acceptors (Lipinski definition) is 4. The zero-order valence-corrected chi connectivity index (χ0v) is 8.06. The molecule has 3 aromatic rings. The Kier molecular flexibility index (Phi) is 1.58. The van der Waals surface area contributed by atoms with Crippen molar-refractivity contribution >= 4 is 11.2 Å². The van der Waals surface area contributed by atoms with Crippen molar-refractivity contribution < 1.29 is 4.52 Å². The first-order chi connectivity index (χ1) is 7.33. The Balaban J connectivity index is 2.22. The molecule has 0 fully saturated rings. The maximum Gasteiger partial charge on any atom is 0.178 e. The number of H-pyrrole nitrogens is 1. The molecule has 74 valence electrons. The molecule has 0 aliphatic rings. The number of rotatable bonds is 1. The standard InChI is InChI=1S/C10H8N4O/c1-6-2-3-7-9(11-6)13-10(12-7)8-4-5-15-14-8/h2-5H,1H3,(H,11,12,13). The van der Waals surface area contributed by atoms with Crippen LogP contribution in [-0.2, 0) is 0 Å². The van der Waals surface area contributed by atoms with Crippen LogP contribution in [0.1, 0.15) is 5.69 Å². The van der Waals surface area contributed by atoms with E-state index in [9.17, 15) is 0 Å². The molecule has 3 rings (SSSR count). The molecule has 5 nitrogen and oxygen atoms in total. The maximum absolute atomic E-state index is 4.76. The number of imidazole rings is 1. The van der Waals surface area contributed by atoms with Crippen LogP contribution in [-0.4, -0.2) is 20.1 Å². The Hall–Kier alpha value is -2.17. The van der Waals surface area contributed by atoms with E-state index in [1.54, 1.807) is 6.07 Å². The smallest absolute Gasteiger partial charge is 0.178 e. The second kappa shape index (κ2) is 2.91. The van der Waals surface area contributed by atoms with Gasteiger partial charge in [0.2, 0.25) is 0 Å². The molecule has 5 heteroatoms. The van der Waals surface area contributed by atoms with Gasteiger partial charge in [0.25, 0.3) is 0 Å². The molecule has 0 aliphatic carbocycles. The van der Waals surface area contributed by atoms with Gasteiger partial charge in [-0.05, 0) is 19.1 Å². The summed E-state index contributed by atoms with van der Waals surface area (Å²) in [5.41, 5.74) is 3.23. The largest absolute Gasteiger partial charge is 0.364 e. The number of nitrogens with one attached hydrogen (secondary N) is 1.